The van der Waals surface area contributed by atoms with E-state index >= 15 is 0 Å². The van der Waals surface area contributed by atoms with E-state index < -0.39 is 0 Å². The predicted molar refractivity (Wildman–Crippen MR) is 61.7 cm³/mol. The van der Waals surface area contributed by atoms with Gasteiger partial charge in [0.2, 0.25) is 6.08 Å². The maximum absolute atomic E-state index is 9.78. The molecule has 15 heavy (non-hydrogen) atoms. The molecule has 1 atom stereocenters. The van der Waals surface area contributed by atoms with Gasteiger partial charge < -0.3 is 4.74 Å². The minimum Gasteiger partial charge on any atom is -0.381 e. The zero-order chi connectivity index (χ0) is 11.4. The summed E-state index contributed by atoms with van der Waals surface area (Å²) in [6.45, 7) is 6.51. The van der Waals surface area contributed by atoms with Crippen LogP contribution in [-0.2, 0) is 9.53 Å². The molecule has 0 spiro atoms. The molecule has 0 aromatic heterocycles. The van der Waals surface area contributed by atoms with Crippen LogP contribution in [0.2, 0.25) is 0 Å². The zero-order valence-corrected chi connectivity index (χ0v) is 10.00. The molecule has 0 heterocycles. The molecule has 0 aliphatic carbocycles. The van der Waals surface area contributed by atoms with Crippen molar-refractivity contribution in [1.29, 1.82) is 0 Å². The van der Waals surface area contributed by atoms with Crippen molar-refractivity contribution in [3.8, 4) is 0 Å². The summed E-state index contributed by atoms with van der Waals surface area (Å²) in [5, 5.41) is 0. The number of isocyanates is 1. The molecule has 88 valence electrons. The van der Waals surface area contributed by atoms with Crippen molar-refractivity contribution >= 4 is 6.08 Å². The van der Waals surface area contributed by atoms with Crippen LogP contribution < -0.4 is 0 Å². The topological polar surface area (TPSA) is 38.7 Å². The van der Waals surface area contributed by atoms with Gasteiger partial charge in [-0.15, -0.1) is 0 Å². The van der Waals surface area contributed by atoms with Crippen LogP contribution in [0, 0.1) is 5.92 Å². The number of ether oxygens (including phenoxy) is 1. The molecular formula is C12H23NO2. The first-order valence-electron chi connectivity index (χ1n) is 5.96. The van der Waals surface area contributed by atoms with Crippen LogP contribution in [0.25, 0.3) is 0 Å². The first-order chi connectivity index (χ1) is 7.35. The zero-order valence-electron chi connectivity index (χ0n) is 10.00. The van der Waals surface area contributed by atoms with E-state index in [4.69, 9.17) is 4.74 Å². The molecule has 0 aliphatic rings. The maximum atomic E-state index is 9.78. The molecule has 0 amide bonds. The Labute approximate surface area is 92.9 Å². The van der Waals surface area contributed by atoms with E-state index in [0.29, 0.717) is 19.1 Å². The van der Waals surface area contributed by atoms with Crippen molar-refractivity contribution in [2.45, 2.75) is 46.0 Å². The monoisotopic (exact) mass is 213 g/mol. The quantitative estimate of drug-likeness (QED) is 0.318. The van der Waals surface area contributed by atoms with Crippen molar-refractivity contribution in [2.75, 3.05) is 19.8 Å². The minimum atomic E-state index is 0.537. The summed E-state index contributed by atoms with van der Waals surface area (Å²) in [6, 6.07) is 0. The molecule has 0 fully saturated rings. The van der Waals surface area contributed by atoms with E-state index in [1.165, 1.54) is 31.8 Å². The normalized spacial score (nSPS) is 12.1. The molecule has 3 heteroatoms. The highest BCUT2D eigenvalue weighted by Gasteiger charge is 2.05. The van der Waals surface area contributed by atoms with E-state index in [2.05, 4.69) is 18.8 Å². The summed E-state index contributed by atoms with van der Waals surface area (Å²) < 4.78 is 5.54. The fourth-order valence-corrected chi connectivity index (χ4v) is 1.44. The van der Waals surface area contributed by atoms with E-state index in [1.807, 2.05) is 0 Å². The molecule has 0 saturated heterocycles. The van der Waals surface area contributed by atoms with Gasteiger partial charge in [-0.2, -0.15) is 0 Å². The van der Waals surface area contributed by atoms with Crippen molar-refractivity contribution in [1.82, 2.24) is 0 Å². The van der Waals surface area contributed by atoms with Crippen LogP contribution in [0.15, 0.2) is 4.99 Å². The molecule has 3 nitrogen and oxygen atoms in total. The second kappa shape index (κ2) is 11.4. The molecule has 0 radical (unpaired) electrons. The van der Waals surface area contributed by atoms with Crippen LogP contribution in [-0.4, -0.2) is 25.8 Å². The first kappa shape index (κ1) is 14.3. The van der Waals surface area contributed by atoms with Gasteiger partial charge >= 0.3 is 0 Å². The van der Waals surface area contributed by atoms with Crippen molar-refractivity contribution < 1.29 is 9.53 Å². The predicted octanol–water partition coefficient (Wildman–Crippen LogP) is 2.95. The lowest BCUT2D eigenvalue weighted by Gasteiger charge is -2.14. The average molecular weight is 213 g/mol. The Balaban J connectivity index is 3.33. The fraction of sp³-hybridized carbons (Fsp3) is 0.917. The summed E-state index contributed by atoms with van der Waals surface area (Å²) in [5.74, 6) is 0.694. The lowest BCUT2D eigenvalue weighted by Crippen LogP contribution is -2.10. The molecule has 0 bridgehead atoms. The number of hydrogen-bond donors (Lipinski definition) is 0. The smallest absolute Gasteiger partial charge is 0.234 e. The van der Waals surface area contributed by atoms with Gasteiger partial charge in [0.15, 0.2) is 0 Å². The van der Waals surface area contributed by atoms with Crippen LogP contribution in [0.3, 0.4) is 0 Å². The lowest BCUT2D eigenvalue weighted by atomic mass is 10.0. The Bertz CT molecular complexity index is 176. The van der Waals surface area contributed by atoms with Crippen molar-refractivity contribution in [2.24, 2.45) is 10.9 Å². The SMILES string of the molecule is CCCCC(CC)COCCCN=C=O. The number of hydrogen-bond acceptors (Lipinski definition) is 3. The van der Waals surface area contributed by atoms with Gasteiger partial charge in [0.25, 0.3) is 0 Å². The van der Waals surface area contributed by atoms with Gasteiger partial charge in [-0.25, -0.2) is 9.79 Å². The highest BCUT2D eigenvalue weighted by Crippen LogP contribution is 2.12. The van der Waals surface area contributed by atoms with Crippen LogP contribution >= 0.6 is 0 Å². The van der Waals surface area contributed by atoms with Gasteiger partial charge in [0.1, 0.15) is 0 Å². The Hall–Kier alpha value is -0.660. The molecular weight excluding hydrogens is 190 g/mol. The van der Waals surface area contributed by atoms with E-state index in [1.54, 1.807) is 0 Å². The van der Waals surface area contributed by atoms with Gasteiger partial charge in [0, 0.05) is 13.2 Å². The van der Waals surface area contributed by atoms with Crippen molar-refractivity contribution in [3.05, 3.63) is 0 Å². The Morgan fingerprint density at radius 3 is 2.73 bits per heavy atom. The number of aliphatic imine (C=N–C) groups is 1. The van der Waals surface area contributed by atoms with Crippen LogP contribution in [0.1, 0.15) is 46.0 Å². The number of rotatable bonds is 10. The standard InChI is InChI=1S/C12H23NO2/c1-3-5-7-12(4-2)10-15-9-6-8-13-11-14/h12H,3-10H2,1-2H3. The number of nitrogens with zero attached hydrogens (tertiary/aromatic N) is 1. The lowest BCUT2D eigenvalue weighted by molar-refractivity contribution is 0.0933. The summed E-state index contributed by atoms with van der Waals surface area (Å²) >= 11 is 0. The van der Waals surface area contributed by atoms with Crippen LogP contribution in [0.5, 0.6) is 0 Å². The number of unbranched alkanes of at least 4 members (excludes halogenated alkanes) is 1. The Kier molecular flexibility index (Phi) is 10.9. The Morgan fingerprint density at radius 2 is 2.13 bits per heavy atom. The third kappa shape index (κ3) is 9.64. The van der Waals surface area contributed by atoms with E-state index in [9.17, 15) is 4.79 Å². The van der Waals surface area contributed by atoms with Gasteiger partial charge in [0.05, 0.1) is 6.54 Å². The fourth-order valence-electron chi connectivity index (χ4n) is 1.44. The van der Waals surface area contributed by atoms with E-state index in [-0.39, 0.29) is 0 Å². The number of carbonyl (C=O) groups excluding carboxylic acids is 1. The summed E-state index contributed by atoms with van der Waals surface area (Å²) in [7, 11) is 0. The molecule has 1 unspecified atom stereocenters. The average Bonchev–Trinajstić information content (AvgIpc) is 2.27. The molecule has 0 aromatic carbocycles. The minimum absolute atomic E-state index is 0.537. The largest absolute Gasteiger partial charge is 0.381 e. The van der Waals surface area contributed by atoms with E-state index in [0.717, 1.165) is 13.0 Å². The maximum Gasteiger partial charge on any atom is 0.234 e. The highest BCUT2D eigenvalue weighted by molar-refractivity contribution is 5.32. The van der Waals surface area contributed by atoms with Gasteiger partial charge in [-0.3, -0.25) is 0 Å². The molecule has 0 rings (SSSR count). The van der Waals surface area contributed by atoms with Crippen LogP contribution in [0.4, 0.5) is 0 Å². The third-order valence-electron chi connectivity index (χ3n) is 2.52. The second-order valence-corrected chi connectivity index (χ2v) is 3.82. The molecule has 0 aliphatic heterocycles. The van der Waals surface area contributed by atoms with Gasteiger partial charge in [-0.05, 0) is 18.8 Å². The second-order valence-electron chi connectivity index (χ2n) is 3.82. The molecule has 0 N–H and O–H groups in total. The highest BCUT2D eigenvalue weighted by atomic mass is 16.5. The Morgan fingerprint density at radius 1 is 1.33 bits per heavy atom. The third-order valence-corrected chi connectivity index (χ3v) is 2.52. The van der Waals surface area contributed by atoms with Gasteiger partial charge in [-0.1, -0.05) is 33.1 Å². The summed E-state index contributed by atoms with van der Waals surface area (Å²) in [4.78, 5) is 13.3. The summed E-state index contributed by atoms with van der Waals surface area (Å²) in [5.41, 5.74) is 0. The molecule has 0 saturated carbocycles. The summed E-state index contributed by atoms with van der Waals surface area (Å²) in [6.07, 6.45) is 7.34. The first-order valence-corrected chi connectivity index (χ1v) is 5.96. The molecule has 0 aromatic rings. The van der Waals surface area contributed by atoms with Crippen molar-refractivity contribution in [3.63, 3.8) is 0 Å².